The van der Waals surface area contributed by atoms with Crippen LogP contribution in [0, 0.1) is 4.91 Å². The van der Waals surface area contributed by atoms with Gasteiger partial charge in [-0.3, -0.25) is 4.79 Å². The Balaban J connectivity index is 4.66. The van der Waals surface area contributed by atoms with Crippen LogP contribution in [-0.2, 0) is 4.79 Å². The van der Waals surface area contributed by atoms with Gasteiger partial charge < -0.3 is 4.90 Å². The summed E-state index contributed by atoms with van der Waals surface area (Å²) in [6.45, 7) is 3.90. The molecule has 0 aliphatic rings. The molecule has 0 unspecified atom stereocenters. The zero-order valence-electron chi connectivity index (χ0n) is 9.24. The van der Waals surface area contributed by atoms with Crippen LogP contribution >= 0.6 is 11.8 Å². The van der Waals surface area contributed by atoms with Crippen LogP contribution in [0.5, 0.6) is 0 Å². The van der Waals surface area contributed by atoms with Crippen LogP contribution in [0.2, 0.25) is 0 Å². The maximum Gasteiger partial charge on any atom is 0.240 e. The highest BCUT2D eigenvalue weighted by molar-refractivity contribution is 8.00. The summed E-state index contributed by atoms with van der Waals surface area (Å²) in [7, 11) is 1.61. The second-order valence-electron chi connectivity index (χ2n) is 3.18. The predicted molar refractivity (Wildman–Crippen MR) is 60.3 cm³/mol. The summed E-state index contributed by atoms with van der Waals surface area (Å²) >= 11 is 1.54. The van der Waals surface area contributed by atoms with Crippen molar-refractivity contribution in [2.24, 2.45) is 5.18 Å². The van der Waals surface area contributed by atoms with E-state index in [1.165, 1.54) is 4.90 Å². The molecule has 4 nitrogen and oxygen atoms in total. The topological polar surface area (TPSA) is 49.7 Å². The molecule has 0 aromatic heterocycles. The standard InChI is InChI=1S/C9H18N2O2S/c1-5-9(6-2,14-4)8(12)11(3)7-10-13/h5-7H2,1-4H3. The number of nitroso groups, excluding NO2 is 1. The third-order valence-corrected chi connectivity index (χ3v) is 4.07. The number of carbonyl (C=O) groups excluding carboxylic acids is 1. The van der Waals surface area contributed by atoms with Crippen molar-refractivity contribution in [2.45, 2.75) is 31.4 Å². The van der Waals surface area contributed by atoms with Gasteiger partial charge in [0.15, 0.2) is 6.67 Å². The SMILES string of the molecule is CCC(CC)(SC)C(=O)N(C)CN=O. The molecule has 0 spiro atoms. The molecule has 14 heavy (non-hydrogen) atoms. The molecule has 1 amide bonds. The molecule has 0 N–H and O–H groups in total. The fraction of sp³-hybridized carbons (Fsp3) is 0.889. The molecule has 0 heterocycles. The number of carbonyl (C=O) groups is 1. The quantitative estimate of drug-likeness (QED) is 0.641. The second kappa shape index (κ2) is 6.01. The monoisotopic (exact) mass is 218 g/mol. The van der Waals surface area contributed by atoms with E-state index in [-0.39, 0.29) is 17.3 Å². The molecular weight excluding hydrogens is 200 g/mol. The smallest absolute Gasteiger partial charge is 0.240 e. The molecule has 0 bridgehead atoms. The van der Waals surface area contributed by atoms with Gasteiger partial charge in [-0.05, 0) is 24.3 Å². The van der Waals surface area contributed by atoms with Crippen molar-refractivity contribution in [2.75, 3.05) is 20.0 Å². The summed E-state index contributed by atoms with van der Waals surface area (Å²) in [4.78, 5) is 23.4. The summed E-state index contributed by atoms with van der Waals surface area (Å²) in [5.74, 6) is -0.00500. The van der Waals surface area contributed by atoms with Crippen molar-refractivity contribution >= 4 is 17.7 Å². The van der Waals surface area contributed by atoms with Gasteiger partial charge in [0, 0.05) is 7.05 Å². The average molecular weight is 218 g/mol. The van der Waals surface area contributed by atoms with Crippen LogP contribution in [0.3, 0.4) is 0 Å². The van der Waals surface area contributed by atoms with Crippen molar-refractivity contribution in [1.82, 2.24) is 4.90 Å². The first-order valence-corrected chi connectivity index (χ1v) is 5.90. The molecule has 0 aliphatic carbocycles. The third-order valence-electron chi connectivity index (χ3n) is 2.54. The van der Waals surface area contributed by atoms with Gasteiger partial charge in [0.2, 0.25) is 5.91 Å². The van der Waals surface area contributed by atoms with E-state index in [9.17, 15) is 9.70 Å². The van der Waals surface area contributed by atoms with Gasteiger partial charge in [-0.1, -0.05) is 13.8 Å². The largest absolute Gasteiger partial charge is 0.322 e. The lowest BCUT2D eigenvalue weighted by Gasteiger charge is -2.31. The molecule has 0 fully saturated rings. The normalized spacial score (nSPS) is 11.1. The molecule has 0 aromatic rings. The predicted octanol–water partition coefficient (Wildman–Crippen LogP) is 2.09. The van der Waals surface area contributed by atoms with E-state index in [0.717, 1.165) is 12.8 Å². The second-order valence-corrected chi connectivity index (χ2v) is 4.37. The molecule has 0 saturated carbocycles. The maximum atomic E-state index is 12.0. The molecule has 82 valence electrons. The molecule has 0 rings (SSSR count). The van der Waals surface area contributed by atoms with E-state index in [1.807, 2.05) is 20.1 Å². The highest BCUT2D eigenvalue weighted by Crippen LogP contribution is 2.32. The zero-order valence-corrected chi connectivity index (χ0v) is 10.1. The first-order valence-electron chi connectivity index (χ1n) is 4.67. The van der Waals surface area contributed by atoms with Crippen LogP contribution in [-0.4, -0.2) is 35.5 Å². The lowest BCUT2D eigenvalue weighted by molar-refractivity contribution is -0.132. The molecule has 0 radical (unpaired) electrons. The molecule has 0 aliphatic heterocycles. The Hall–Kier alpha value is -0.580. The number of amides is 1. The van der Waals surface area contributed by atoms with Crippen LogP contribution in [0.25, 0.3) is 0 Å². The average Bonchev–Trinajstić information content (AvgIpc) is 2.21. The highest BCUT2D eigenvalue weighted by atomic mass is 32.2. The van der Waals surface area contributed by atoms with Gasteiger partial charge >= 0.3 is 0 Å². The Kier molecular flexibility index (Phi) is 5.76. The van der Waals surface area contributed by atoms with Crippen LogP contribution < -0.4 is 0 Å². The number of thioether (sulfide) groups is 1. The Morgan fingerprint density at radius 1 is 1.43 bits per heavy atom. The molecule has 0 saturated heterocycles. The highest BCUT2D eigenvalue weighted by Gasteiger charge is 2.36. The lowest BCUT2D eigenvalue weighted by atomic mass is 10.0. The number of rotatable bonds is 6. The molecule has 0 aromatic carbocycles. The summed E-state index contributed by atoms with van der Waals surface area (Å²) in [6.07, 6.45) is 3.46. The minimum Gasteiger partial charge on any atom is -0.322 e. The molecule has 0 atom stereocenters. The van der Waals surface area contributed by atoms with E-state index in [1.54, 1.807) is 18.8 Å². The molecule has 5 heteroatoms. The Bertz CT molecular complexity index is 197. The van der Waals surface area contributed by atoms with Gasteiger partial charge in [0.05, 0.1) is 4.75 Å². The fourth-order valence-electron chi connectivity index (χ4n) is 1.43. The van der Waals surface area contributed by atoms with Crippen molar-refractivity contribution in [1.29, 1.82) is 0 Å². The van der Waals surface area contributed by atoms with Crippen molar-refractivity contribution in [3.05, 3.63) is 4.91 Å². The van der Waals surface area contributed by atoms with Crippen LogP contribution in [0.1, 0.15) is 26.7 Å². The summed E-state index contributed by atoms with van der Waals surface area (Å²) in [5, 5.41) is 2.72. The van der Waals surface area contributed by atoms with Gasteiger partial charge in [-0.15, -0.1) is 16.7 Å². The summed E-state index contributed by atoms with van der Waals surface area (Å²) < 4.78 is -0.389. The van der Waals surface area contributed by atoms with Gasteiger partial charge in [0.25, 0.3) is 0 Å². The lowest BCUT2D eigenvalue weighted by Crippen LogP contribution is -2.44. The van der Waals surface area contributed by atoms with Crippen LogP contribution in [0.4, 0.5) is 0 Å². The van der Waals surface area contributed by atoms with Crippen LogP contribution in [0.15, 0.2) is 5.18 Å². The number of nitrogens with zero attached hydrogens (tertiary/aromatic N) is 2. The van der Waals surface area contributed by atoms with E-state index in [4.69, 9.17) is 0 Å². The third kappa shape index (κ3) is 2.70. The minimum absolute atomic E-state index is 0.00500. The van der Waals surface area contributed by atoms with E-state index in [2.05, 4.69) is 5.18 Å². The Labute approximate surface area is 89.4 Å². The fourth-order valence-corrected chi connectivity index (χ4v) is 2.33. The molecular formula is C9H18N2O2S. The van der Waals surface area contributed by atoms with Crippen molar-refractivity contribution in [3.63, 3.8) is 0 Å². The summed E-state index contributed by atoms with van der Waals surface area (Å²) in [6, 6.07) is 0. The minimum atomic E-state index is -0.389. The number of hydrogen-bond acceptors (Lipinski definition) is 4. The maximum absolute atomic E-state index is 12.0. The first-order chi connectivity index (χ1) is 6.57. The van der Waals surface area contributed by atoms with E-state index >= 15 is 0 Å². The van der Waals surface area contributed by atoms with E-state index < -0.39 is 0 Å². The van der Waals surface area contributed by atoms with E-state index in [0.29, 0.717) is 0 Å². The first kappa shape index (κ1) is 13.4. The van der Waals surface area contributed by atoms with Crippen molar-refractivity contribution in [3.8, 4) is 0 Å². The zero-order chi connectivity index (χ0) is 11.2. The Morgan fingerprint density at radius 2 is 1.93 bits per heavy atom. The Morgan fingerprint density at radius 3 is 2.21 bits per heavy atom. The van der Waals surface area contributed by atoms with Crippen molar-refractivity contribution < 1.29 is 4.79 Å². The number of hydrogen-bond donors (Lipinski definition) is 0. The van der Waals surface area contributed by atoms with Gasteiger partial charge in [-0.25, -0.2) is 0 Å². The summed E-state index contributed by atoms with van der Waals surface area (Å²) in [5.41, 5.74) is 0. The van der Waals surface area contributed by atoms with Gasteiger partial charge in [0.1, 0.15) is 0 Å². The van der Waals surface area contributed by atoms with Gasteiger partial charge in [-0.2, -0.15) is 0 Å².